The Morgan fingerprint density at radius 1 is 1.36 bits per heavy atom. The zero-order valence-corrected chi connectivity index (χ0v) is 10.1. The summed E-state index contributed by atoms with van der Waals surface area (Å²) in [5, 5.41) is 0.0751. The van der Waals surface area contributed by atoms with Crippen molar-refractivity contribution in [2.24, 2.45) is 0 Å². The molecule has 0 saturated carbocycles. The molecule has 0 saturated heterocycles. The van der Waals surface area contributed by atoms with Crippen molar-refractivity contribution in [2.75, 3.05) is 0 Å². The number of ether oxygens (including phenoxy) is 1. The van der Waals surface area contributed by atoms with E-state index in [1.54, 1.807) is 0 Å². The molecule has 0 aliphatic rings. The van der Waals surface area contributed by atoms with Gasteiger partial charge in [-0.15, -0.1) is 13.2 Å². The van der Waals surface area contributed by atoms with Crippen LogP contribution in [-0.2, 0) is 0 Å². The molecule has 0 bridgehead atoms. The number of rotatable bonds is 1. The Hall–Kier alpha value is -0.0100. The summed E-state index contributed by atoms with van der Waals surface area (Å²) in [6.45, 7) is 0. The summed E-state index contributed by atoms with van der Waals surface area (Å²) in [6, 6.07) is 1.34. The molecule has 0 radical (unpaired) electrons. The van der Waals surface area contributed by atoms with Gasteiger partial charge < -0.3 is 4.74 Å². The Balaban J connectivity index is 3.09. The third kappa shape index (κ3) is 3.29. The van der Waals surface area contributed by atoms with Gasteiger partial charge in [0.25, 0.3) is 0 Å². The summed E-state index contributed by atoms with van der Waals surface area (Å²) in [5.74, 6) is -0.628. The number of hydrogen-bond acceptors (Lipinski definition) is 2. The smallest absolute Gasteiger partial charge is 0.387 e. The van der Waals surface area contributed by atoms with Crippen LogP contribution in [0.25, 0.3) is 0 Å². The van der Waals surface area contributed by atoms with E-state index < -0.39 is 12.2 Å². The second-order valence-corrected chi connectivity index (χ2v) is 4.11. The monoisotopic (exact) mass is 353 g/mol. The summed E-state index contributed by atoms with van der Waals surface area (Å²) in [4.78, 5) is 3.46. The van der Waals surface area contributed by atoms with E-state index in [0.717, 1.165) is 0 Å². The highest BCUT2D eigenvalue weighted by molar-refractivity contribution is 9.11. The van der Waals surface area contributed by atoms with Crippen LogP contribution in [0, 0.1) is 0 Å². The fourth-order valence-electron chi connectivity index (χ4n) is 0.626. The molecule has 1 aromatic heterocycles. The molecule has 1 rings (SSSR count). The molecule has 14 heavy (non-hydrogen) atoms. The molecule has 78 valence electrons. The van der Waals surface area contributed by atoms with Crippen molar-refractivity contribution in [3.05, 3.63) is 20.2 Å². The largest absolute Gasteiger partial charge is 0.574 e. The maximum atomic E-state index is 11.8. The first kappa shape index (κ1) is 12.1. The maximum absolute atomic E-state index is 11.8. The lowest BCUT2D eigenvalue weighted by molar-refractivity contribution is -0.276. The van der Waals surface area contributed by atoms with Crippen LogP contribution in [0.1, 0.15) is 0 Å². The minimum absolute atomic E-state index is 0.0420. The lowest BCUT2D eigenvalue weighted by atomic mass is 10.5. The maximum Gasteiger partial charge on any atom is 0.574 e. The Bertz CT molecular complexity index is 358. The molecule has 0 aliphatic heterocycles. The summed E-state index contributed by atoms with van der Waals surface area (Å²) in [6.07, 6.45) is -4.79. The molecule has 0 N–H and O–H groups in total. The molecule has 1 aromatic rings. The lowest BCUT2D eigenvalue weighted by Gasteiger charge is -2.10. The SMILES string of the molecule is FC(F)(F)Oc1nc(Br)cc(Cl)c1Br. The first-order valence-electron chi connectivity index (χ1n) is 3.07. The number of hydrogen-bond donors (Lipinski definition) is 0. The standard InChI is InChI=1S/C6HBr2ClF3NO/c7-3-1-2(9)4(8)5(13-3)14-6(10,11)12/h1H. The van der Waals surface area contributed by atoms with Crippen molar-refractivity contribution >= 4 is 43.5 Å². The number of halogens is 6. The van der Waals surface area contributed by atoms with Crippen LogP contribution in [0.4, 0.5) is 13.2 Å². The molecule has 1 heterocycles. The molecule has 0 fully saturated rings. The number of nitrogens with zero attached hydrogens (tertiary/aromatic N) is 1. The average molecular weight is 355 g/mol. The summed E-state index contributed by atoms with van der Waals surface area (Å²) >= 11 is 11.3. The van der Waals surface area contributed by atoms with E-state index in [2.05, 4.69) is 41.6 Å². The van der Waals surface area contributed by atoms with E-state index >= 15 is 0 Å². The molecule has 2 nitrogen and oxygen atoms in total. The third-order valence-corrected chi connectivity index (χ3v) is 2.76. The van der Waals surface area contributed by atoms with Gasteiger partial charge in [-0.05, 0) is 37.9 Å². The van der Waals surface area contributed by atoms with Gasteiger partial charge in [-0.3, -0.25) is 0 Å². The second-order valence-electron chi connectivity index (χ2n) is 2.09. The Labute approximate surface area is 98.7 Å². The molecule has 0 aromatic carbocycles. The molecule has 0 amide bonds. The molecule has 0 atom stereocenters. The van der Waals surface area contributed by atoms with Gasteiger partial charge in [-0.2, -0.15) is 0 Å². The first-order valence-corrected chi connectivity index (χ1v) is 5.03. The number of pyridine rings is 1. The minimum atomic E-state index is -4.79. The van der Waals surface area contributed by atoms with Gasteiger partial charge in [0.1, 0.15) is 4.60 Å². The molecule has 0 spiro atoms. The number of aromatic nitrogens is 1. The van der Waals surface area contributed by atoms with Gasteiger partial charge in [0.15, 0.2) is 0 Å². The van der Waals surface area contributed by atoms with Crippen LogP contribution < -0.4 is 4.74 Å². The fourth-order valence-corrected chi connectivity index (χ4v) is 1.62. The second kappa shape index (κ2) is 4.24. The van der Waals surface area contributed by atoms with Crippen LogP contribution in [0.2, 0.25) is 5.02 Å². The summed E-state index contributed by atoms with van der Waals surface area (Å²) in [5.41, 5.74) is 0. The van der Waals surface area contributed by atoms with E-state index in [0.29, 0.717) is 0 Å². The number of alkyl halides is 3. The Morgan fingerprint density at radius 2 is 1.93 bits per heavy atom. The van der Waals surface area contributed by atoms with Crippen molar-refractivity contribution in [2.45, 2.75) is 6.36 Å². The van der Waals surface area contributed by atoms with E-state index in [1.165, 1.54) is 6.07 Å². The highest BCUT2D eigenvalue weighted by Gasteiger charge is 2.33. The van der Waals surface area contributed by atoms with E-state index in [4.69, 9.17) is 11.6 Å². The van der Waals surface area contributed by atoms with Crippen LogP contribution in [0.3, 0.4) is 0 Å². The molecular weight excluding hydrogens is 354 g/mol. The Kier molecular flexibility index (Phi) is 3.65. The van der Waals surface area contributed by atoms with Crippen molar-refractivity contribution in [3.8, 4) is 5.88 Å². The molecular formula is C6HBr2ClF3NO. The van der Waals surface area contributed by atoms with Crippen molar-refractivity contribution in [3.63, 3.8) is 0 Å². The van der Waals surface area contributed by atoms with Crippen LogP contribution >= 0.6 is 43.5 Å². The summed E-state index contributed by atoms with van der Waals surface area (Å²) in [7, 11) is 0. The van der Waals surface area contributed by atoms with Crippen molar-refractivity contribution in [1.82, 2.24) is 4.98 Å². The van der Waals surface area contributed by atoms with Gasteiger partial charge in [0.2, 0.25) is 5.88 Å². The highest BCUT2D eigenvalue weighted by Crippen LogP contribution is 2.35. The van der Waals surface area contributed by atoms with Gasteiger partial charge >= 0.3 is 6.36 Å². The molecule has 0 aliphatic carbocycles. The quantitative estimate of drug-likeness (QED) is 0.706. The van der Waals surface area contributed by atoms with E-state index in [-0.39, 0.29) is 14.1 Å². The molecule has 0 unspecified atom stereocenters. The van der Waals surface area contributed by atoms with Crippen molar-refractivity contribution in [1.29, 1.82) is 0 Å². The zero-order valence-electron chi connectivity index (χ0n) is 6.20. The first-order chi connectivity index (χ1) is 6.29. The van der Waals surface area contributed by atoms with Crippen LogP contribution in [-0.4, -0.2) is 11.3 Å². The van der Waals surface area contributed by atoms with Gasteiger partial charge in [0.05, 0.1) is 9.50 Å². The molecule has 8 heteroatoms. The summed E-state index contributed by atoms with van der Waals surface area (Å²) < 4.78 is 39.3. The van der Waals surface area contributed by atoms with Crippen LogP contribution in [0.5, 0.6) is 5.88 Å². The van der Waals surface area contributed by atoms with Gasteiger partial charge in [-0.25, -0.2) is 4.98 Å². The topological polar surface area (TPSA) is 22.1 Å². The lowest BCUT2D eigenvalue weighted by Crippen LogP contribution is -2.18. The fraction of sp³-hybridized carbons (Fsp3) is 0.167. The average Bonchev–Trinajstić information content (AvgIpc) is 1.96. The Morgan fingerprint density at radius 3 is 2.43 bits per heavy atom. The predicted molar refractivity (Wildman–Crippen MR) is 51.3 cm³/mol. The van der Waals surface area contributed by atoms with Gasteiger partial charge in [0, 0.05) is 0 Å². The minimum Gasteiger partial charge on any atom is -0.387 e. The predicted octanol–water partition coefficient (Wildman–Crippen LogP) is 4.16. The van der Waals surface area contributed by atoms with Crippen LogP contribution in [0.15, 0.2) is 15.1 Å². The van der Waals surface area contributed by atoms with Gasteiger partial charge in [-0.1, -0.05) is 11.6 Å². The zero-order chi connectivity index (χ0) is 10.9. The van der Waals surface area contributed by atoms with Crippen molar-refractivity contribution < 1.29 is 17.9 Å². The highest BCUT2D eigenvalue weighted by atomic mass is 79.9. The van der Waals surface area contributed by atoms with E-state index in [9.17, 15) is 13.2 Å². The van der Waals surface area contributed by atoms with E-state index in [1.807, 2.05) is 0 Å². The third-order valence-electron chi connectivity index (χ3n) is 1.06. The normalized spacial score (nSPS) is 11.6.